The highest BCUT2D eigenvalue weighted by Crippen LogP contribution is 2.44. The molecule has 2 aliphatic carbocycles. The van der Waals surface area contributed by atoms with Gasteiger partial charge in [0.1, 0.15) is 0 Å². The van der Waals surface area contributed by atoms with Crippen molar-refractivity contribution in [2.75, 3.05) is 0 Å². The Morgan fingerprint density at radius 2 is 1.57 bits per heavy atom. The molecule has 14 heavy (non-hydrogen) atoms. The van der Waals surface area contributed by atoms with E-state index < -0.39 is 0 Å². The van der Waals surface area contributed by atoms with Gasteiger partial charge in [-0.2, -0.15) is 0 Å². The van der Waals surface area contributed by atoms with Gasteiger partial charge in [-0.15, -0.1) is 0 Å². The molecule has 2 rings (SSSR count). The molecule has 0 nitrogen and oxygen atoms in total. The lowest BCUT2D eigenvalue weighted by Crippen LogP contribution is -2.30. The third kappa shape index (κ3) is 2.15. The summed E-state index contributed by atoms with van der Waals surface area (Å²) in [5.41, 5.74) is 0. The van der Waals surface area contributed by atoms with Crippen LogP contribution in [0, 0.1) is 23.7 Å². The fourth-order valence-corrected chi connectivity index (χ4v) is 3.53. The first kappa shape index (κ1) is 10.5. The highest BCUT2D eigenvalue weighted by atomic mass is 14.4. The van der Waals surface area contributed by atoms with Crippen molar-refractivity contribution in [1.29, 1.82) is 0 Å². The highest BCUT2D eigenvalue weighted by Gasteiger charge is 2.33. The van der Waals surface area contributed by atoms with Gasteiger partial charge in [-0.05, 0) is 42.9 Å². The summed E-state index contributed by atoms with van der Waals surface area (Å²) in [5.74, 6) is 4.88. The summed E-state index contributed by atoms with van der Waals surface area (Å²) in [7, 11) is 0. The van der Waals surface area contributed by atoms with Crippen molar-refractivity contribution in [2.45, 2.75) is 65.2 Å². The summed E-state index contributed by atoms with van der Waals surface area (Å²) in [5, 5.41) is 0. The number of hydrogen-bond acceptors (Lipinski definition) is 0. The molecule has 0 saturated heterocycles. The molecule has 2 aliphatic rings. The molecule has 2 saturated carbocycles. The standard InChI is InChI=1S/C14H25/c1-11-7-6-10-14(12(11)2)13-8-4-3-5-9-13/h11-12,14H,3-10H2,1-2H3. The largest absolute Gasteiger partial charge is 0.0622 e. The minimum absolute atomic E-state index is 0.969. The Hall–Kier alpha value is 0. The predicted octanol–water partition coefficient (Wildman–Crippen LogP) is 4.60. The fourth-order valence-electron chi connectivity index (χ4n) is 3.53. The molecule has 0 heteroatoms. The summed E-state index contributed by atoms with van der Waals surface area (Å²) in [6.45, 7) is 4.95. The fraction of sp³-hybridized carbons (Fsp3) is 0.929. The van der Waals surface area contributed by atoms with E-state index in [1.807, 2.05) is 5.92 Å². The lowest BCUT2D eigenvalue weighted by atomic mass is 9.65. The van der Waals surface area contributed by atoms with Crippen molar-refractivity contribution in [3.63, 3.8) is 0 Å². The van der Waals surface area contributed by atoms with Crippen molar-refractivity contribution in [1.82, 2.24) is 0 Å². The molecule has 1 radical (unpaired) electrons. The van der Waals surface area contributed by atoms with Gasteiger partial charge in [-0.3, -0.25) is 0 Å². The van der Waals surface area contributed by atoms with Crippen LogP contribution in [-0.4, -0.2) is 0 Å². The first-order chi connectivity index (χ1) is 6.79. The molecule has 0 bridgehead atoms. The minimum Gasteiger partial charge on any atom is -0.0622 e. The van der Waals surface area contributed by atoms with Crippen molar-refractivity contribution in [2.24, 2.45) is 17.8 Å². The average Bonchev–Trinajstić information content (AvgIpc) is 2.23. The van der Waals surface area contributed by atoms with Gasteiger partial charge < -0.3 is 0 Å². The molecule has 3 unspecified atom stereocenters. The molecular formula is C14H25. The third-order valence-electron chi connectivity index (χ3n) is 4.73. The maximum Gasteiger partial charge on any atom is -0.0207 e. The minimum atomic E-state index is 0.969. The van der Waals surface area contributed by atoms with E-state index in [1.54, 1.807) is 0 Å². The van der Waals surface area contributed by atoms with E-state index in [-0.39, 0.29) is 0 Å². The van der Waals surface area contributed by atoms with Gasteiger partial charge in [0.25, 0.3) is 0 Å². The third-order valence-corrected chi connectivity index (χ3v) is 4.73. The average molecular weight is 193 g/mol. The second kappa shape index (κ2) is 4.68. The van der Waals surface area contributed by atoms with Crippen LogP contribution in [0.2, 0.25) is 0 Å². The predicted molar refractivity (Wildman–Crippen MR) is 62.0 cm³/mol. The smallest absolute Gasteiger partial charge is 0.0207 e. The van der Waals surface area contributed by atoms with Gasteiger partial charge in [0.05, 0.1) is 0 Å². The first-order valence-corrected chi connectivity index (χ1v) is 6.63. The molecule has 81 valence electrons. The lowest BCUT2D eigenvalue weighted by molar-refractivity contribution is 0.175. The molecule has 0 heterocycles. The van der Waals surface area contributed by atoms with Crippen LogP contribution < -0.4 is 0 Å². The summed E-state index contributed by atoms with van der Waals surface area (Å²) < 4.78 is 0. The van der Waals surface area contributed by atoms with Crippen molar-refractivity contribution < 1.29 is 0 Å². The van der Waals surface area contributed by atoms with Crippen LogP contribution in [0.3, 0.4) is 0 Å². The Kier molecular flexibility index (Phi) is 3.52. The summed E-state index contributed by atoms with van der Waals surface area (Å²) in [6.07, 6.45) is 11.8. The monoisotopic (exact) mass is 193 g/mol. The molecule has 0 amide bonds. The lowest BCUT2D eigenvalue weighted by Gasteiger charge is -2.40. The van der Waals surface area contributed by atoms with Crippen LogP contribution in [0.5, 0.6) is 0 Å². The van der Waals surface area contributed by atoms with Crippen LogP contribution in [-0.2, 0) is 0 Å². The zero-order valence-corrected chi connectivity index (χ0v) is 9.89. The SMILES string of the molecule is CC1CCCC([C]2CCCCC2)C1C. The summed E-state index contributed by atoms with van der Waals surface area (Å²) in [4.78, 5) is 0. The van der Waals surface area contributed by atoms with E-state index in [0.717, 1.165) is 17.8 Å². The molecule has 0 N–H and O–H groups in total. The maximum atomic E-state index is 2.50. The van der Waals surface area contributed by atoms with Gasteiger partial charge >= 0.3 is 0 Å². The van der Waals surface area contributed by atoms with E-state index in [4.69, 9.17) is 0 Å². The van der Waals surface area contributed by atoms with Crippen LogP contribution in [0.15, 0.2) is 0 Å². The molecule has 2 fully saturated rings. The van der Waals surface area contributed by atoms with Crippen molar-refractivity contribution in [3.05, 3.63) is 5.92 Å². The summed E-state index contributed by atoms with van der Waals surface area (Å²) in [6, 6.07) is 0. The highest BCUT2D eigenvalue weighted by molar-refractivity contribution is 5.02. The quantitative estimate of drug-likeness (QED) is 0.571. The maximum absolute atomic E-state index is 2.50. The van der Waals surface area contributed by atoms with Gasteiger partial charge in [-0.1, -0.05) is 46.0 Å². The topological polar surface area (TPSA) is 0 Å². The van der Waals surface area contributed by atoms with Crippen LogP contribution >= 0.6 is 0 Å². The number of rotatable bonds is 1. The van der Waals surface area contributed by atoms with Gasteiger partial charge in [0, 0.05) is 0 Å². The van der Waals surface area contributed by atoms with Crippen molar-refractivity contribution >= 4 is 0 Å². The Bertz CT molecular complexity index is 167. The zero-order chi connectivity index (χ0) is 9.97. The Morgan fingerprint density at radius 3 is 2.29 bits per heavy atom. The van der Waals surface area contributed by atoms with Gasteiger partial charge in [0.2, 0.25) is 0 Å². The van der Waals surface area contributed by atoms with Gasteiger partial charge in [-0.25, -0.2) is 0 Å². The molecule has 0 aromatic heterocycles. The molecule has 0 aromatic rings. The van der Waals surface area contributed by atoms with E-state index in [9.17, 15) is 0 Å². The van der Waals surface area contributed by atoms with E-state index in [2.05, 4.69) is 13.8 Å². The van der Waals surface area contributed by atoms with Crippen molar-refractivity contribution in [3.8, 4) is 0 Å². The van der Waals surface area contributed by atoms with E-state index >= 15 is 0 Å². The second-order valence-corrected chi connectivity index (χ2v) is 5.59. The van der Waals surface area contributed by atoms with Crippen LogP contribution in [0.25, 0.3) is 0 Å². The first-order valence-electron chi connectivity index (χ1n) is 6.63. The number of hydrogen-bond donors (Lipinski definition) is 0. The molecule has 3 atom stereocenters. The Morgan fingerprint density at radius 1 is 0.857 bits per heavy atom. The zero-order valence-electron chi connectivity index (χ0n) is 9.89. The second-order valence-electron chi connectivity index (χ2n) is 5.59. The van der Waals surface area contributed by atoms with Gasteiger partial charge in [0.15, 0.2) is 0 Å². The van der Waals surface area contributed by atoms with E-state index in [1.165, 1.54) is 51.4 Å². The Labute approximate surface area is 89.5 Å². The molecule has 0 aromatic carbocycles. The molecule has 0 spiro atoms. The molecule has 0 aliphatic heterocycles. The van der Waals surface area contributed by atoms with Crippen LogP contribution in [0.4, 0.5) is 0 Å². The summed E-state index contributed by atoms with van der Waals surface area (Å²) >= 11 is 0. The molecular weight excluding hydrogens is 168 g/mol. The van der Waals surface area contributed by atoms with E-state index in [0.29, 0.717) is 0 Å². The Balaban J connectivity index is 1.93. The normalized spacial score (nSPS) is 41.1. The van der Waals surface area contributed by atoms with Crippen LogP contribution in [0.1, 0.15) is 65.2 Å².